The Kier molecular flexibility index (Phi) is 7.13. The van der Waals surface area contributed by atoms with E-state index in [9.17, 15) is 4.79 Å². The standard InChI is InChI=1S/C22H27ClN2O2/c1-17-9-11-18(12-10-17)27-16-22(26)24-15-21(25-13-5-2-6-14-25)19-7-3-4-8-20(19)23/h3-4,7-12,21H,2,5-6,13-16H2,1H3,(H,24,26). The van der Waals surface area contributed by atoms with Crippen molar-refractivity contribution < 1.29 is 9.53 Å². The van der Waals surface area contributed by atoms with Crippen LogP contribution in [-0.4, -0.2) is 37.0 Å². The number of ether oxygens (including phenoxy) is 1. The second kappa shape index (κ2) is 9.77. The maximum Gasteiger partial charge on any atom is 0.258 e. The van der Waals surface area contributed by atoms with Crippen LogP contribution in [0.3, 0.4) is 0 Å². The Morgan fingerprint density at radius 2 is 1.81 bits per heavy atom. The molecule has 1 N–H and O–H groups in total. The van der Waals surface area contributed by atoms with E-state index in [1.807, 2.05) is 49.4 Å². The van der Waals surface area contributed by atoms with Crippen LogP contribution < -0.4 is 10.1 Å². The highest BCUT2D eigenvalue weighted by Gasteiger charge is 2.24. The first-order valence-corrected chi connectivity index (χ1v) is 9.96. The number of rotatable bonds is 7. The molecule has 3 rings (SSSR count). The molecule has 0 bridgehead atoms. The smallest absolute Gasteiger partial charge is 0.258 e. The lowest BCUT2D eigenvalue weighted by molar-refractivity contribution is -0.123. The molecule has 2 aromatic carbocycles. The zero-order valence-electron chi connectivity index (χ0n) is 15.8. The largest absolute Gasteiger partial charge is 0.484 e. The average Bonchev–Trinajstić information content (AvgIpc) is 2.70. The molecule has 1 amide bonds. The second-order valence-electron chi connectivity index (χ2n) is 7.04. The van der Waals surface area contributed by atoms with Crippen molar-refractivity contribution in [1.29, 1.82) is 0 Å². The number of benzene rings is 2. The lowest BCUT2D eigenvalue weighted by Gasteiger charge is -2.35. The number of carbonyl (C=O) groups excluding carboxylic acids is 1. The fraction of sp³-hybridized carbons (Fsp3) is 0.409. The van der Waals surface area contributed by atoms with E-state index in [-0.39, 0.29) is 18.6 Å². The van der Waals surface area contributed by atoms with Crippen LogP contribution in [0, 0.1) is 6.92 Å². The highest BCUT2D eigenvalue weighted by molar-refractivity contribution is 6.31. The molecule has 5 heteroatoms. The molecule has 1 atom stereocenters. The Balaban J connectivity index is 1.59. The van der Waals surface area contributed by atoms with E-state index >= 15 is 0 Å². The molecule has 27 heavy (non-hydrogen) atoms. The van der Waals surface area contributed by atoms with Gasteiger partial charge in [-0.15, -0.1) is 0 Å². The topological polar surface area (TPSA) is 41.6 Å². The van der Waals surface area contributed by atoms with Gasteiger partial charge >= 0.3 is 0 Å². The van der Waals surface area contributed by atoms with Gasteiger partial charge in [-0.05, 0) is 56.6 Å². The predicted octanol–water partition coefficient (Wildman–Crippen LogP) is 4.37. The SMILES string of the molecule is Cc1ccc(OCC(=O)NCC(c2ccccc2Cl)N2CCCCC2)cc1. The van der Waals surface area contributed by atoms with E-state index in [4.69, 9.17) is 16.3 Å². The van der Waals surface area contributed by atoms with Crippen LogP contribution in [0.15, 0.2) is 48.5 Å². The number of piperidine rings is 1. The average molecular weight is 387 g/mol. The number of likely N-dealkylation sites (tertiary alicyclic amines) is 1. The zero-order valence-corrected chi connectivity index (χ0v) is 16.5. The quantitative estimate of drug-likeness (QED) is 0.768. The van der Waals surface area contributed by atoms with Gasteiger partial charge in [-0.3, -0.25) is 9.69 Å². The summed E-state index contributed by atoms with van der Waals surface area (Å²) in [6, 6.07) is 15.7. The monoisotopic (exact) mass is 386 g/mol. The second-order valence-corrected chi connectivity index (χ2v) is 7.45. The first-order chi connectivity index (χ1) is 13.1. The predicted molar refractivity (Wildman–Crippen MR) is 109 cm³/mol. The van der Waals surface area contributed by atoms with Crippen molar-refractivity contribution in [3.63, 3.8) is 0 Å². The van der Waals surface area contributed by atoms with Crippen LogP contribution in [-0.2, 0) is 4.79 Å². The summed E-state index contributed by atoms with van der Waals surface area (Å²) in [6.07, 6.45) is 3.64. The summed E-state index contributed by atoms with van der Waals surface area (Å²) in [7, 11) is 0. The van der Waals surface area contributed by atoms with E-state index in [1.165, 1.54) is 19.3 Å². The molecular formula is C22H27ClN2O2. The fourth-order valence-electron chi connectivity index (χ4n) is 3.46. The van der Waals surface area contributed by atoms with Gasteiger partial charge in [-0.25, -0.2) is 0 Å². The van der Waals surface area contributed by atoms with Crippen LogP contribution in [0.2, 0.25) is 5.02 Å². The minimum Gasteiger partial charge on any atom is -0.484 e. The van der Waals surface area contributed by atoms with E-state index in [0.717, 1.165) is 29.2 Å². The highest BCUT2D eigenvalue weighted by Crippen LogP contribution is 2.29. The van der Waals surface area contributed by atoms with Crippen LogP contribution in [0.1, 0.15) is 36.4 Å². The molecule has 0 aromatic heterocycles. The van der Waals surface area contributed by atoms with E-state index in [0.29, 0.717) is 12.3 Å². The highest BCUT2D eigenvalue weighted by atomic mass is 35.5. The number of hydrogen-bond acceptors (Lipinski definition) is 3. The minimum atomic E-state index is -0.121. The first kappa shape index (κ1) is 19.7. The number of halogens is 1. The van der Waals surface area contributed by atoms with Gasteiger partial charge in [-0.2, -0.15) is 0 Å². The molecule has 0 spiro atoms. The number of nitrogens with zero attached hydrogens (tertiary/aromatic N) is 1. The maximum absolute atomic E-state index is 12.3. The number of aryl methyl sites for hydroxylation is 1. The summed E-state index contributed by atoms with van der Waals surface area (Å²) in [5.41, 5.74) is 2.23. The third-order valence-corrected chi connectivity index (χ3v) is 5.32. The van der Waals surface area contributed by atoms with Crippen LogP contribution in [0.4, 0.5) is 0 Å². The Bertz CT molecular complexity index is 742. The van der Waals surface area contributed by atoms with E-state index < -0.39 is 0 Å². The minimum absolute atomic E-state index is 0.0122. The first-order valence-electron chi connectivity index (χ1n) is 9.58. The van der Waals surface area contributed by atoms with Crippen molar-refractivity contribution in [2.24, 2.45) is 0 Å². The van der Waals surface area contributed by atoms with Crippen molar-refractivity contribution >= 4 is 17.5 Å². The van der Waals surface area contributed by atoms with Crippen LogP contribution in [0.5, 0.6) is 5.75 Å². The van der Waals surface area contributed by atoms with Gasteiger partial charge in [0.05, 0.1) is 6.04 Å². The molecule has 1 unspecified atom stereocenters. The number of carbonyl (C=O) groups is 1. The molecule has 2 aromatic rings. The summed E-state index contributed by atoms with van der Waals surface area (Å²) in [5.74, 6) is 0.582. The van der Waals surface area contributed by atoms with E-state index in [2.05, 4.69) is 16.3 Å². The lowest BCUT2D eigenvalue weighted by atomic mass is 10.0. The molecular weight excluding hydrogens is 360 g/mol. The summed E-state index contributed by atoms with van der Waals surface area (Å²) >= 11 is 6.44. The normalized spacial score (nSPS) is 15.9. The molecule has 1 fully saturated rings. The number of nitrogens with one attached hydrogen (secondary N) is 1. The fourth-order valence-corrected chi connectivity index (χ4v) is 3.72. The summed E-state index contributed by atoms with van der Waals surface area (Å²) in [4.78, 5) is 14.7. The molecule has 1 heterocycles. The molecule has 1 saturated heterocycles. The molecule has 144 valence electrons. The molecule has 0 radical (unpaired) electrons. The summed E-state index contributed by atoms with van der Waals surface area (Å²) in [6.45, 7) is 4.63. The van der Waals surface area contributed by atoms with Crippen molar-refractivity contribution in [2.75, 3.05) is 26.2 Å². The Morgan fingerprint density at radius 3 is 2.52 bits per heavy atom. The van der Waals surface area contributed by atoms with Crippen LogP contribution >= 0.6 is 11.6 Å². The molecule has 1 aliphatic rings. The van der Waals surface area contributed by atoms with E-state index in [1.54, 1.807) is 0 Å². The van der Waals surface area contributed by atoms with Gasteiger partial charge in [-0.1, -0.05) is 53.9 Å². The van der Waals surface area contributed by atoms with Crippen LogP contribution in [0.25, 0.3) is 0 Å². The molecule has 1 aliphatic heterocycles. The van der Waals surface area contributed by atoms with Gasteiger partial charge in [0.15, 0.2) is 6.61 Å². The van der Waals surface area contributed by atoms with Gasteiger partial charge in [0.2, 0.25) is 0 Å². The van der Waals surface area contributed by atoms with Gasteiger partial charge < -0.3 is 10.1 Å². The molecule has 4 nitrogen and oxygen atoms in total. The summed E-state index contributed by atoms with van der Waals surface area (Å²) in [5, 5.41) is 3.77. The number of amides is 1. The lowest BCUT2D eigenvalue weighted by Crippen LogP contribution is -2.41. The van der Waals surface area contributed by atoms with Gasteiger partial charge in [0, 0.05) is 11.6 Å². The molecule has 0 aliphatic carbocycles. The zero-order chi connectivity index (χ0) is 19.1. The van der Waals surface area contributed by atoms with Crippen molar-refractivity contribution in [2.45, 2.75) is 32.2 Å². The Morgan fingerprint density at radius 1 is 1.11 bits per heavy atom. The molecule has 0 saturated carbocycles. The maximum atomic E-state index is 12.3. The van der Waals surface area contributed by atoms with Gasteiger partial charge in [0.25, 0.3) is 5.91 Å². The Hall–Kier alpha value is -2.04. The van der Waals surface area contributed by atoms with Crippen molar-refractivity contribution in [3.8, 4) is 5.75 Å². The third kappa shape index (κ3) is 5.72. The Labute approximate surface area is 166 Å². The third-order valence-electron chi connectivity index (χ3n) is 4.98. The van der Waals surface area contributed by atoms with Gasteiger partial charge in [0.1, 0.15) is 5.75 Å². The van der Waals surface area contributed by atoms with Crippen molar-refractivity contribution in [3.05, 3.63) is 64.7 Å². The number of hydrogen-bond donors (Lipinski definition) is 1. The van der Waals surface area contributed by atoms with Crippen molar-refractivity contribution in [1.82, 2.24) is 10.2 Å². The summed E-state index contributed by atoms with van der Waals surface area (Å²) < 4.78 is 5.58.